The molecule has 6 aliphatic carbocycles. The van der Waals surface area contributed by atoms with Gasteiger partial charge in [-0.15, -0.1) is 0 Å². The van der Waals surface area contributed by atoms with Gasteiger partial charge in [-0.3, -0.25) is 9.59 Å². The van der Waals surface area contributed by atoms with E-state index in [1.807, 2.05) is 13.8 Å². The number of aliphatic hydroxyl groups excluding tert-OH is 2. The second-order valence-electron chi connectivity index (χ2n) is 27.0. The molecule has 5 saturated carbocycles. The standard InChI is InChI=1S/C62H84N2O7/c1-57(2)56(71-57)47(67)30-58(3)22-17-38-32-63-52-43(45(35-65)41-28-39(36-13-9-8-10-14-36)27-40(29-41)37-20-25-70-26-21-37)33-64(53(38)52)34-44-50-51(58)46(66)31-61(50,6)60(5)24-18-48-59(4,55(60)54(44)69)23-19-49(68)62(48,7)42-15-11-12-16-42/h27-29,32-33,35-37,42,44-45,47-48,54-56,63,67,69H,8-26,30-31,34H2,1-7H3. The van der Waals surface area contributed by atoms with Gasteiger partial charge in [-0.2, -0.15) is 0 Å². The first-order valence-electron chi connectivity index (χ1n) is 28.6. The lowest BCUT2D eigenvalue weighted by Gasteiger charge is -2.70. The Morgan fingerprint density at radius 2 is 1.52 bits per heavy atom. The van der Waals surface area contributed by atoms with Crippen LogP contribution >= 0.6 is 0 Å². The van der Waals surface area contributed by atoms with Crippen molar-refractivity contribution in [3.05, 3.63) is 69.6 Å². The molecule has 384 valence electrons. The quantitative estimate of drug-likeness (QED) is 0.144. The Kier molecular flexibility index (Phi) is 11.7. The molecular formula is C62H84N2O7. The number of aryl methyl sites for hydroxylation is 1. The zero-order chi connectivity index (χ0) is 49.6. The number of carbonyl (C=O) groups excluding carboxylic acids is 3. The Morgan fingerprint density at radius 1 is 0.845 bits per heavy atom. The summed E-state index contributed by atoms with van der Waals surface area (Å²) < 4.78 is 14.3. The van der Waals surface area contributed by atoms with Gasteiger partial charge in [-0.25, -0.2) is 0 Å². The monoisotopic (exact) mass is 969 g/mol. The van der Waals surface area contributed by atoms with Crippen LogP contribution in [0.15, 0.2) is 41.7 Å². The van der Waals surface area contributed by atoms with Gasteiger partial charge in [-0.1, -0.05) is 84.9 Å². The molecule has 9 aliphatic rings. The van der Waals surface area contributed by atoms with Crippen LogP contribution in [0.1, 0.15) is 210 Å². The fourth-order valence-electron chi connectivity index (χ4n) is 19.1. The van der Waals surface area contributed by atoms with E-state index in [1.54, 1.807) is 0 Å². The number of ketones is 2. The number of aldehydes is 1. The fraction of sp³-hybridized carbons (Fsp3) is 0.726. The summed E-state index contributed by atoms with van der Waals surface area (Å²) in [7, 11) is 0. The van der Waals surface area contributed by atoms with Crippen LogP contribution in [0.5, 0.6) is 0 Å². The number of nitrogens with one attached hydrogen (secondary N) is 1. The number of H-pyrrole nitrogens is 1. The van der Waals surface area contributed by atoms with E-state index >= 15 is 4.79 Å². The molecule has 5 heterocycles. The van der Waals surface area contributed by atoms with Crippen LogP contribution in [0.3, 0.4) is 0 Å². The predicted molar refractivity (Wildman–Crippen MR) is 276 cm³/mol. The third kappa shape index (κ3) is 7.20. The second kappa shape index (κ2) is 17.1. The van der Waals surface area contributed by atoms with E-state index in [2.05, 4.69) is 74.8 Å². The van der Waals surface area contributed by atoms with Crippen LogP contribution in [0.25, 0.3) is 11.0 Å². The first kappa shape index (κ1) is 48.6. The molecule has 3 aromatic rings. The number of nitrogens with zero attached hydrogens (tertiary/aromatic N) is 1. The number of aromatic nitrogens is 2. The number of allylic oxidation sites excluding steroid dienone is 1. The van der Waals surface area contributed by atoms with Crippen molar-refractivity contribution >= 4 is 28.9 Å². The molecule has 7 fully saturated rings. The number of carbonyl (C=O) groups is 3. The number of hydrogen-bond acceptors (Lipinski definition) is 7. The largest absolute Gasteiger partial charge is 0.392 e. The Morgan fingerprint density at radius 3 is 2.20 bits per heavy atom. The highest BCUT2D eigenvalue weighted by molar-refractivity contribution is 6.02. The Labute approximate surface area is 423 Å². The lowest BCUT2D eigenvalue weighted by Crippen LogP contribution is -2.68. The van der Waals surface area contributed by atoms with Crippen molar-refractivity contribution in [3.63, 3.8) is 0 Å². The molecule has 9 heteroatoms. The van der Waals surface area contributed by atoms with Crippen molar-refractivity contribution < 1.29 is 34.1 Å². The van der Waals surface area contributed by atoms with Gasteiger partial charge in [0.1, 0.15) is 18.2 Å². The van der Waals surface area contributed by atoms with Crippen molar-refractivity contribution in [3.8, 4) is 0 Å². The molecule has 9 nitrogen and oxygen atoms in total. The van der Waals surface area contributed by atoms with Crippen LogP contribution in [0, 0.1) is 50.7 Å². The number of Topliss-reactive ketones (excluding diaryl/α,β-unsaturated/α-hetero) is 2. The van der Waals surface area contributed by atoms with Crippen molar-refractivity contribution in [1.82, 2.24) is 9.55 Å². The van der Waals surface area contributed by atoms with Gasteiger partial charge in [-0.05, 0) is 165 Å². The molecule has 2 saturated heterocycles. The molecule has 3 N–H and O–H groups in total. The van der Waals surface area contributed by atoms with Gasteiger partial charge in [0.15, 0.2) is 5.78 Å². The minimum absolute atomic E-state index is 0.140. The van der Waals surface area contributed by atoms with E-state index < -0.39 is 51.3 Å². The minimum atomic E-state index is -0.781. The highest BCUT2D eigenvalue weighted by Crippen LogP contribution is 2.76. The molecule has 0 spiro atoms. The molecule has 3 aliphatic heterocycles. The number of benzene rings is 1. The van der Waals surface area contributed by atoms with E-state index in [0.29, 0.717) is 62.2 Å². The summed E-state index contributed by atoms with van der Waals surface area (Å²) in [6.45, 7) is 17.8. The number of aliphatic hydroxyl groups is 2. The molecule has 1 aromatic carbocycles. The van der Waals surface area contributed by atoms with Gasteiger partial charge in [0.05, 0.1) is 34.8 Å². The predicted octanol–water partition coefficient (Wildman–Crippen LogP) is 12.0. The van der Waals surface area contributed by atoms with Crippen molar-refractivity contribution in [1.29, 1.82) is 0 Å². The zero-order valence-corrected chi connectivity index (χ0v) is 44.2. The molecule has 0 radical (unpaired) electrons. The van der Waals surface area contributed by atoms with Crippen LogP contribution < -0.4 is 0 Å². The lowest BCUT2D eigenvalue weighted by molar-refractivity contribution is -0.227. The first-order valence-corrected chi connectivity index (χ1v) is 28.6. The normalized spacial score (nSPS) is 39.5. The fourth-order valence-corrected chi connectivity index (χ4v) is 19.1. The molecule has 12 atom stereocenters. The Hall–Kier alpha value is -3.37. The molecule has 2 aromatic heterocycles. The molecule has 12 unspecified atom stereocenters. The average Bonchev–Trinajstić information content (AvgIpc) is 3.91. The van der Waals surface area contributed by atoms with Gasteiger partial charge in [0.2, 0.25) is 0 Å². The van der Waals surface area contributed by atoms with Gasteiger partial charge >= 0.3 is 0 Å². The highest BCUT2D eigenvalue weighted by Gasteiger charge is 2.73. The number of rotatable bonds is 9. The Bertz CT molecular complexity index is 2620. The molecule has 0 bridgehead atoms. The third-order valence-corrected chi connectivity index (χ3v) is 23.0. The zero-order valence-electron chi connectivity index (χ0n) is 44.2. The summed E-state index contributed by atoms with van der Waals surface area (Å²) in [4.78, 5) is 47.8. The van der Waals surface area contributed by atoms with E-state index in [0.717, 1.165) is 103 Å². The summed E-state index contributed by atoms with van der Waals surface area (Å²) in [6.07, 6.45) is 21.6. The van der Waals surface area contributed by atoms with E-state index in [1.165, 1.54) is 56.1 Å². The summed E-state index contributed by atoms with van der Waals surface area (Å²) in [5, 5.41) is 26.1. The van der Waals surface area contributed by atoms with Gasteiger partial charge < -0.3 is 34.0 Å². The maximum atomic E-state index is 15.5. The maximum absolute atomic E-state index is 15.5. The number of fused-ring (bicyclic) bond motifs is 4. The van der Waals surface area contributed by atoms with Crippen LogP contribution in [0.2, 0.25) is 0 Å². The van der Waals surface area contributed by atoms with Crippen LogP contribution in [0.4, 0.5) is 0 Å². The first-order chi connectivity index (χ1) is 33.9. The smallest absolute Gasteiger partial charge is 0.160 e. The minimum Gasteiger partial charge on any atom is -0.392 e. The van der Waals surface area contributed by atoms with E-state index in [4.69, 9.17) is 9.47 Å². The van der Waals surface area contributed by atoms with E-state index in [-0.39, 0.29) is 29.1 Å². The van der Waals surface area contributed by atoms with Crippen molar-refractivity contribution in [2.24, 2.45) is 50.7 Å². The maximum Gasteiger partial charge on any atom is 0.160 e. The summed E-state index contributed by atoms with van der Waals surface area (Å²) in [5.41, 5.74) is 7.05. The lowest BCUT2D eigenvalue weighted by atomic mass is 9.33. The van der Waals surface area contributed by atoms with Crippen LogP contribution in [-0.4, -0.2) is 74.7 Å². The van der Waals surface area contributed by atoms with E-state index in [9.17, 15) is 19.8 Å². The van der Waals surface area contributed by atoms with Crippen molar-refractivity contribution in [2.45, 2.75) is 219 Å². The summed E-state index contributed by atoms with van der Waals surface area (Å²) in [5.74, 6) is 0.978. The SMILES string of the molecule is CC1(CC(O)C2OC2(C)C)CCc2c[nH]c3c(C(C=O)c4cc(C5CCCCC5)cc(C5CCOCC5)c4)cn(c23)CC2C3=C1C(=O)CC3(C)C1(C)CCC3C(C)(CCC(=O)C3(C)C3CCCC3)C1C2O. The molecule has 71 heavy (non-hydrogen) atoms. The van der Waals surface area contributed by atoms with Gasteiger partial charge in [0, 0.05) is 72.9 Å². The number of aromatic amines is 1. The summed E-state index contributed by atoms with van der Waals surface area (Å²) >= 11 is 0. The number of epoxide rings is 1. The Balaban J connectivity index is 1.02. The average molecular weight is 969 g/mol. The van der Waals surface area contributed by atoms with Crippen LogP contribution in [-0.2, 0) is 36.8 Å². The molecular weight excluding hydrogens is 885 g/mol. The molecule has 0 amide bonds. The second-order valence-corrected chi connectivity index (χ2v) is 27.0. The highest BCUT2D eigenvalue weighted by atomic mass is 16.6. The van der Waals surface area contributed by atoms with Crippen molar-refractivity contribution in [2.75, 3.05) is 13.2 Å². The number of hydrogen-bond donors (Lipinski definition) is 3. The van der Waals surface area contributed by atoms with Gasteiger partial charge in [0.25, 0.3) is 0 Å². The third-order valence-electron chi connectivity index (χ3n) is 23.0. The molecule has 12 rings (SSSR count). The number of ether oxygens (including phenoxy) is 2. The summed E-state index contributed by atoms with van der Waals surface area (Å²) in [6, 6.07) is 7.15. The topological polar surface area (TPSA) is 134 Å².